The molecule has 0 bridgehead atoms. The van der Waals surface area contributed by atoms with Gasteiger partial charge in [-0.3, -0.25) is 4.79 Å². The van der Waals surface area contributed by atoms with Crippen LogP contribution < -0.4 is 5.73 Å². The number of carbonyl (C=O) groups excluding carboxylic acids is 1. The Morgan fingerprint density at radius 2 is 2.44 bits per heavy atom. The third-order valence-electron chi connectivity index (χ3n) is 1.02. The second kappa shape index (κ2) is 2.19. The fourth-order valence-corrected chi connectivity index (χ4v) is 1.40. The summed E-state index contributed by atoms with van der Waals surface area (Å²) in [5.74, 6) is 0. The highest BCUT2D eigenvalue weighted by molar-refractivity contribution is 7.14. The highest BCUT2D eigenvalue weighted by atomic mass is 32.1. The number of hydrogen-bond acceptors (Lipinski definition) is 3. The molecule has 0 spiro atoms. The van der Waals surface area contributed by atoms with Crippen LogP contribution in [0.3, 0.4) is 0 Å². The van der Waals surface area contributed by atoms with Gasteiger partial charge < -0.3 is 5.73 Å². The molecule has 0 fully saturated rings. The highest BCUT2D eigenvalue weighted by Crippen LogP contribution is 2.20. The predicted molar refractivity (Wildman–Crippen MR) is 38.9 cm³/mol. The molecule has 1 aromatic rings. The van der Waals surface area contributed by atoms with Crippen LogP contribution in [-0.4, -0.2) is 6.29 Å². The van der Waals surface area contributed by atoms with E-state index in [-0.39, 0.29) is 0 Å². The summed E-state index contributed by atoms with van der Waals surface area (Å²) in [5, 5.41) is 0. The number of aryl methyl sites for hydroxylation is 1. The maximum atomic E-state index is 10.2. The maximum Gasteiger partial charge on any atom is 0.162 e. The number of aldehydes is 1. The molecule has 0 aliphatic carbocycles. The molecule has 0 aliphatic heterocycles. The van der Waals surface area contributed by atoms with E-state index < -0.39 is 0 Å². The van der Waals surface area contributed by atoms with Crippen LogP contribution in [0.15, 0.2) is 6.07 Å². The van der Waals surface area contributed by atoms with Crippen LogP contribution in [0.5, 0.6) is 0 Å². The molecular weight excluding hydrogens is 134 g/mol. The van der Waals surface area contributed by atoms with E-state index in [2.05, 4.69) is 0 Å². The zero-order valence-corrected chi connectivity index (χ0v) is 5.87. The van der Waals surface area contributed by atoms with Crippen molar-refractivity contribution in [1.29, 1.82) is 0 Å². The lowest BCUT2D eigenvalue weighted by Crippen LogP contribution is -1.84. The quantitative estimate of drug-likeness (QED) is 0.601. The highest BCUT2D eigenvalue weighted by Gasteiger charge is 1.99. The van der Waals surface area contributed by atoms with Gasteiger partial charge in [-0.15, -0.1) is 11.3 Å². The molecule has 0 radical (unpaired) electrons. The summed E-state index contributed by atoms with van der Waals surface area (Å²) in [4.78, 5) is 11.9. The molecule has 1 rings (SSSR count). The fourth-order valence-electron chi connectivity index (χ4n) is 0.644. The summed E-state index contributed by atoms with van der Waals surface area (Å²) < 4.78 is 0. The summed E-state index contributed by atoms with van der Waals surface area (Å²) in [5.41, 5.74) is 6.02. The first kappa shape index (κ1) is 6.29. The molecule has 48 valence electrons. The maximum absolute atomic E-state index is 10.2. The summed E-state index contributed by atoms with van der Waals surface area (Å²) in [6.45, 7) is 1.92. The Bertz CT molecular complexity index is 229. The van der Waals surface area contributed by atoms with Gasteiger partial charge >= 0.3 is 0 Å². The van der Waals surface area contributed by atoms with Crippen molar-refractivity contribution >= 4 is 23.3 Å². The van der Waals surface area contributed by atoms with Gasteiger partial charge in [-0.1, -0.05) is 0 Å². The largest absolute Gasteiger partial charge is 0.397 e. The number of hydrogen-bond donors (Lipinski definition) is 1. The molecule has 2 N–H and O–H groups in total. The average Bonchev–Trinajstić information content (AvgIpc) is 2.10. The van der Waals surface area contributed by atoms with Crippen molar-refractivity contribution in [2.45, 2.75) is 6.92 Å². The number of thiophene rings is 1. The normalized spacial score (nSPS) is 9.44. The number of rotatable bonds is 1. The van der Waals surface area contributed by atoms with E-state index >= 15 is 0 Å². The SMILES string of the molecule is Cc1cc(N)c(C=O)s1. The first-order chi connectivity index (χ1) is 4.24. The Balaban J connectivity index is 3.15. The molecule has 0 aliphatic rings. The fraction of sp³-hybridized carbons (Fsp3) is 0.167. The van der Waals surface area contributed by atoms with Gasteiger partial charge in [-0.25, -0.2) is 0 Å². The molecular formula is C6H7NOS. The topological polar surface area (TPSA) is 43.1 Å². The Labute approximate surface area is 57.3 Å². The molecule has 0 atom stereocenters. The minimum absolute atomic E-state index is 0.590. The summed E-state index contributed by atoms with van der Waals surface area (Å²) >= 11 is 1.42. The van der Waals surface area contributed by atoms with Crippen LogP contribution in [0.25, 0.3) is 0 Å². The first-order valence-corrected chi connectivity index (χ1v) is 3.37. The molecule has 0 saturated carbocycles. The number of nitrogens with two attached hydrogens (primary N) is 1. The van der Waals surface area contributed by atoms with Crippen LogP contribution in [0.2, 0.25) is 0 Å². The minimum Gasteiger partial charge on any atom is -0.397 e. The van der Waals surface area contributed by atoms with E-state index in [1.54, 1.807) is 6.07 Å². The Hall–Kier alpha value is -0.830. The van der Waals surface area contributed by atoms with Crippen molar-refractivity contribution in [3.63, 3.8) is 0 Å². The molecule has 0 aromatic carbocycles. The molecule has 1 aromatic heterocycles. The predicted octanol–water partition coefficient (Wildman–Crippen LogP) is 1.45. The zero-order chi connectivity index (χ0) is 6.85. The van der Waals surface area contributed by atoms with Gasteiger partial charge in [-0.05, 0) is 13.0 Å². The first-order valence-electron chi connectivity index (χ1n) is 2.55. The van der Waals surface area contributed by atoms with Gasteiger partial charge in [0.05, 0.1) is 10.6 Å². The van der Waals surface area contributed by atoms with E-state index in [1.165, 1.54) is 11.3 Å². The number of anilines is 1. The van der Waals surface area contributed by atoms with Crippen molar-refractivity contribution in [2.75, 3.05) is 5.73 Å². The Morgan fingerprint density at radius 1 is 1.78 bits per heavy atom. The summed E-state index contributed by atoms with van der Waals surface area (Å²) in [6, 6.07) is 1.80. The van der Waals surface area contributed by atoms with Gasteiger partial charge in [0, 0.05) is 4.88 Å². The lowest BCUT2D eigenvalue weighted by Gasteiger charge is -1.80. The third-order valence-corrected chi connectivity index (χ3v) is 2.01. The summed E-state index contributed by atoms with van der Waals surface area (Å²) in [7, 11) is 0. The second-order valence-electron chi connectivity index (χ2n) is 1.79. The van der Waals surface area contributed by atoms with E-state index in [4.69, 9.17) is 5.73 Å². The average molecular weight is 141 g/mol. The molecule has 2 nitrogen and oxygen atoms in total. The lowest BCUT2D eigenvalue weighted by molar-refractivity contribution is 0.112. The van der Waals surface area contributed by atoms with Crippen molar-refractivity contribution in [3.05, 3.63) is 15.8 Å². The molecule has 3 heteroatoms. The Kier molecular flexibility index (Phi) is 1.53. The molecule has 0 unspecified atom stereocenters. The minimum atomic E-state index is 0.590. The third kappa shape index (κ3) is 1.10. The van der Waals surface area contributed by atoms with Crippen LogP contribution in [-0.2, 0) is 0 Å². The van der Waals surface area contributed by atoms with Gasteiger partial charge in [0.1, 0.15) is 0 Å². The Morgan fingerprint density at radius 3 is 2.67 bits per heavy atom. The van der Waals surface area contributed by atoms with Gasteiger partial charge in [0.15, 0.2) is 6.29 Å². The van der Waals surface area contributed by atoms with Gasteiger partial charge in [-0.2, -0.15) is 0 Å². The summed E-state index contributed by atoms with van der Waals surface area (Å²) in [6.07, 6.45) is 0.785. The number of nitrogen functional groups attached to an aromatic ring is 1. The van der Waals surface area contributed by atoms with E-state index in [0.29, 0.717) is 10.6 Å². The van der Waals surface area contributed by atoms with Crippen molar-refractivity contribution in [3.8, 4) is 0 Å². The van der Waals surface area contributed by atoms with Crippen molar-refractivity contribution < 1.29 is 4.79 Å². The molecule has 0 saturated heterocycles. The lowest BCUT2D eigenvalue weighted by atomic mass is 10.4. The van der Waals surface area contributed by atoms with E-state index in [9.17, 15) is 4.79 Å². The van der Waals surface area contributed by atoms with Crippen LogP contribution in [0, 0.1) is 6.92 Å². The van der Waals surface area contributed by atoms with Crippen LogP contribution in [0.1, 0.15) is 14.5 Å². The monoisotopic (exact) mass is 141 g/mol. The molecule has 0 amide bonds. The van der Waals surface area contributed by atoms with Crippen molar-refractivity contribution in [1.82, 2.24) is 0 Å². The number of carbonyl (C=O) groups is 1. The van der Waals surface area contributed by atoms with Crippen molar-refractivity contribution in [2.24, 2.45) is 0 Å². The van der Waals surface area contributed by atoms with Crippen LogP contribution in [0.4, 0.5) is 5.69 Å². The zero-order valence-electron chi connectivity index (χ0n) is 5.05. The van der Waals surface area contributed by atoms with Gasteiger partial charge in [0.2, 0.25) is 0 Å². The standard InChI is InChI=1S/C6H7NOS/c1-4-2-5(7)6(3-8)9-4/h2-3H,7H2,1H3. The van der Waals surface area contributed by atoms with E-state index in [0.717, 1.165) is 11.2 Å². The van der Waals surface area contributed by atoms with Crippen LogP contribution >= 0.6 is 11.3 Å². The van der Waals surface area contributed by atoms with Gasteiger partial charge in [0.25, 0.3) is 0 Å². The van der Waals surface area contributed by atoms with E-state index in [1.807, 2.05) is 6.92 Å². The molecule has 1 heterocycles. The smallest absolute Gasteiger partial charge is 0.162 e. The second-order valence-corrected chi connectivity index (χ2v) is 3.08. The molecule has 9 heavy (non-hydrogen) atoms.